The summed E-state index contributed by atoms with van der Waals surface area (Å²) < 4.78 is 40.1. The fourth-order valence-electron chi connectivity index (χ4n) is 5.00. The summed E-state index contributed by atoms with van der Waals surface area (Å²) in [5.74, 6) is 0.497. The Bertz CT molecular complexity index is 907. The zero-order valence-electron chi connectivity index (χ0n) is 21.1. The van der Waals surface area contributed by atoms with Gasteiger partial charge < -0.3 is 19.7 Å². The van der Waals surface area contributed by atoms with Crippen molar-refractivity contribution in [2.24, 2.45) is 0 Å². The molecule has 0 bridgehead atoms. The van der Waals surface area contributed by atoms with Crippen molar-refractivity contribution in [1.82, 2.24) is 14.5 Å². The molecule has 1 aromatic carbocycles. The van der Waals surface area contributed by atoms with Crippen LogP contribution >= 0.6 is 0 Å². The monoisotopic (exact) mass is 495 g/mol. The zero-order chi connectivity index (χ0) is 24.7. The molecule has 2 unspecified atom stereocenters. The predicted molar refractivity (Wildman–Crippen MR) is 133 cm³/mol. The highest BCUT2D eigenvalue weighted by Gasteiger charge is 2.36. The van der Waals surface area contributed by atoms with Crippen LogP contribution in [0.2, 0.25) is 0 Å². The molecule has 2 fully saturated rings. The van der Waals surface area contributed by atoms with Crippen LogP contribution in [-0.4, -0.2) is 82.1 Å². The van der Waals surface area contributed by atoms with Crippen molar-refractivity contribution in [3.63, 3.8) is 0 Å². The van der Waals surface area contributed by atoms with Gasteiger partial charge in [-0.1, -0.05) is 12.8 Å². The van der Waals surface area contributed by atoms with E-state index < -0.39 is 16.1 Å². The van der Waals surface area contributed by atoms with Gasteiger partial charge in [0.2, 0.25) is 15.9 Å². The second kappa shape index (κ2) is 12.3. The summed E-state index contributed by atoms with van der Waals surface area (Å²) >= 11 is 0. The molecular weight excluding hydrogens is 454 g/mol. The Balaban J connectivity index is 1.58. The van der Waals surface area contributed by atoms with Gasteiger partial charge in [0, 0.05) is 25.7 Å². The van der Waals surface area contributed by atoms with Crippen LogP contribution in [0.15, 0.2) is 17.0 Å². The van der Waals surface area contributed by atoms with E-state index in [1.807, 2.05) is 0 Å². The third kappa shape index (κ3) is 6.71. The highest BCUT2D eigenvalue weighted by atomic mass is 32.2. The van der Waals surface area contributed by atoms with Gasteiger partial charge in [-0.3, -0.25) is 4.79 Å². The number of sulfonamides is 1. The molecule has 1 N–H and O–H groups in total. The van der Waals surface area contributed by atoms with Crippen LogP contribution in [0, 0.1) is 13.8 Å². The first-order chi connectivity index (χ1) is 16.2. The van der Waals surface area contributed by atoms with E-state index in [0.717, 1.165) is 38.9 Å². The van der Waals surface area contributed by atoms with Crippen LogP contribution in [0.25, 0.3) is 0 Å². The van der Waals surface area contributed by atoms with E-state index in [4.69, 9.17) is 9.47 Å². The first-order valence-corrected chi connectivity index (χ1v) is 14.0. The van der Waals surface area contributed by atoms with Crippen molar-refractivity contribution in [1.29, 1.82) is 0 Å². The van der Waals surface area contributed by atoms with E-state index in [1.165, 1.54) is 19.3 Å². The van der Waals surface area contributed by atoms with Crippen molar-refractivity contribution in [3.05, 3.63) is 23.3 Å². The van der Waals surface area contributed by atoms with Gasteiger partial charge in [-0.2, -0.15) is 4.31 Å². The van der Waals surface area contributed by atoms with E-state index in [1.54, 1.807) is 44.3 Å². The Kier molecular flexibility index (Phi) is 9.76. The van der Waals surface area contributed by atoms with Crippen molar-refractivity contribution in [2.45, 2.75) is 76.3 Å². The maximum absolute atomic E-state index is 13.7. The van der Waals surface area contributed by atoms with Gasteiger partial charge in [0.25, 0.3) is 0 Å². The van der Waals surface area contributed by atoms with Crippen molar-refractivity contribution < 1.29 is 22.7 Å². The lowest BCUT2D eigenvalue weighted by Crippen LogP contribution is -2.48. The molecule has 0 radical (unpaired) electrons. The van der Waals surface area contributed by atoms with E-state index in [-0.39, 0.29) is 18.6 Å². The molecule has 192 valence electrons. The molecule has 8 nitrogen and oxygen atoms in total. The molecular formula is C25H41N3O5S. The number of piperidine rings is 2. The Labute approximate surface area is 205 Å². The van der Waals surface area contributed by atoms with Gasteiger partial charge in [0.1, 0.15) is 11.9 Å². The second-order valence-corrected chi connectivity index (χ2v) is 11.4. The summed E-state index contributed by atoms with van der Waals surface area (Å²) in [7, 11) is -2.13. The van der Waals surface area contributed by atoms with Crippen LogP contribution in [0.1, 0.15) is 56.6 Å². The second-order valence-electron chi connectivity index (χ2n) is 9.52. The Hall–Kier alpha value is -1.68. The SMILES string of the molecule is COc1cc(C)c(S(=O)(=O)N2CCCCC2COC(C)C(=O)NCCN2CCCCC2)c(C)c1. The van der Waals surface area contributed by atoms with Crippen LogP contribution in [-0.2, 0) is 19.6 Å². The van der Waals surface area contributed by atoms with Crippen LogP contribution < -0.4 is 10.1 Å². The van der Waals surface area contributed by atoms with E-state index in [0.29, 0.717) is 34.9 Å². The topological polar surface area (TPSA) is 88.2 Å². The standard InChI is InChI=1S/C25H41N3O5S/c1-19-16-23(32-4)17-20(2)24(19)34(30,31)28-14-9-6-10-22(28)18-33-21(3)25(29)26-11-15-27-12-7-5-8-13-27/h16-17,21-22H,5-15,18H2,1-4H3,(H,26,29). The minimum absolute atomic E-state index is 0.149. The average molecular weight is 496 g/mol. The van der Waals surface area contributed by atoms with Gasteiger partial charge in [0.15, 0.2) is 0 Å². The number of hydrogen-bond donors (Lipinski definition) is 1. The normalized spacial score (nSPS) is 21.2. The number of amides is 1. The number of benzene rings is 1. The largest absolute Gasteiger partial charge is 0.497 e. The molecule has 0 aromatic heterocycles. The lowest BCUT2D eigenvalue weighted by molar-refractivity contribution is -0.132. The van der Waals surface area contributed by atoms with E-state index in [9.17, 15) is 13.2 Å². The van der Waals surface area contributed by atoms with Crippen LogP contribution in [0.4, 0.5) is 0 Å². The maximum Gasteiger partial charge on any atom is 0.248 e. The number of likely N-dealkylation sites (tertiary alicyclic amines) is 1. The van der Waals surface area contributed by atoms with Gasteiger partial charge in [-0.05, 0) is 82.8 Å². The molecule has 3 rings (SSSR count). The predicted octanol–water partition coefficient (Wildman–Crippen LogP) is 2.86. The first-order valence-electron chi connectivity index (χ1n) is 12.5. The number of rotatable bonds is 10. The Morgan fingerprint density at radius 1 is 1.09 bits per heavy atom. The number of aryl methyl sites for hydroxylation is 2. The number of hydrogen-bond acceptors (Lipinski definition) is 6. The summed E-state index contributed by atoms with van der Waals surface area (Å²) in [5, 5.41) is 2.96. The molecule has 2 aliphatic heterocycles. The minimum atomic E-state index is -3.70. The number of nitrogens with one attached hydrogen (secondary N) is 1. The minimum Gasteiger partial charge on any atom is -0.497 e. The van der Waals surface area contributed by atoms with Crippen molar-refractivity contribution >= 4 is 15.9 Å². The van der Waals surface area contributed by atoms with Gasteiger partial charge in [-0.15, -0.1) is 0 Å². The molecule has 2 atom stereocenters. The summed E-state index contributed by atoms with van der Waals surface area (Å²) in [6, 6.07) is 3.22. The number of carbonyl (C=O) groups excluding carboxylic acids is 1. The van der Waals surface area contributed by atoms with Gasteiger partial charge >= 0.3 is 0 Å². The van der Waals surface area contributed by atoms with Gasteiger partial charge in [0.05, 0.1) is 18.6 Å². The molecule has 1 amide bonds. The molecule has 2 saturated heterocycles. The quantitative estimate of drug-likeness (QED) is 0.537. The summed E-state index contributed by atoms with van der Waals surface area (Å²) in [6.07, 6.45) is 5.59. The number of methoxy groups -OCH3 is 1. The summed E-state index contributed by atoms with van der Waals surface area (Å²) in [4.78, 5) is 15.2. The smallest absolute Gasteiger partial charge is 0.248 e. The molecule has 0 saturated carbocycles. The van der Waals surface area contributed by atoms with Gasteiger partial charge in [-0.25, -0.2) is 8.42 Å². The molecule has 1 aromatic rings. The maximum atomic E-state index is 13.7. The summed E-state index contributed by atoms with van der Waals surface area (Å²) in [5.41, 5.74) is 1.34. The number of ether oxygens (including phenoxy) is 2. The Morgan fingerprint density at radius 2 is 1.74 bits per heavy atom. The highest BCUT2D eigenvalue weighted by Crippen LogP contribution is 2.32. The Morgan fingerprint density at radius 3 is 2.38 bits per heavy atom. The summed E-state index contributed by atoms with van der Waals surface area (Å²) in [6.45, 7) is 9.64. The molecule has 2 aliphatic rings. The van der Waals surface area contributed by atoms with Crippen molar-refractivity contribution in [2.75, 3.05) is 46.4 Å². The van der Waals surface area contributed by atoms with Crippen LogP contribution in [0.5, 0.6) is 5.75 Å². The number of nitrogens with zero attached hydrogens (tertiary/aromatic N) is 2. The average Bonchev–Trinajstić information content (AvgIpc) is 2.82. The number of carbonyl (C=O) groups is 1. The molecule has 0 spiro atoms. The third-order valence-electron chi connectivity index (χ3n) is 6.89. The fourth-order valence-corrected chi connectivity index (χ4v) is 7.10. The highest BCUT2D eigenvalue weighted by molar-refractivity contribution is 7.89. The third-order valence-corrected chi connectivity index (χ3v) is 9.15. The fraction of sp³-hybridized carbons (Fsp3) is 0.720. The lowest BCUT2D eigenvalue weighted by Gasteiger charge is -2.35. The molecule has 0 aliphatic carbocycles. The molecule has 2 heterocycles. The molecule has 34 heavy (non-hydrogen) atoms. The first kappa shape index (κ1) is 26.9. The van der Waals surface area contributed by atoms with E-state index in [2.05, 4.69) is 10.2 Å². The van der Waals surface area contributed by atoms with E-state index >= 15 is 0 Å². The van der Waals surface area contributed by atoms with Crippen molar-refractivity contribution in [3.8, 4) is 5.75 Å². The zero-order valence-corrected chi connectivity index (χ0v) is 22.0. The molecule has 9 heteroatoms. The lowest BCUT2D eigenvalue weighted by atomic mass is 10.1. The van der Waals surface area contributed by atoms with Crippen LogP contribution in [0.3, 0.4) is 0 Å².